The summed E-state index contributed by atoms with van der Waals surface area (Å²) in [7, 11) is 0. The molecule has 1 aromatic rings. The van der Waals surface area contributed by atoms with Crippen molar-refractivity contribution < 1.29 is 1.43 Å². The molecular formula is C10H17N. The highest BCUT2D eigenvalue weighted by molar-refractivity contribution is 5.54. The van der Waals surface area contributed by atoms with E-state index in [4.69, 9.17) is 0 Å². The summed E-state index contributed by atoms with van der Waals surface area (Å²) in [6.45, 7) is 5.11. The van der Waals surface area contributed by atoms with E-state index in [0.717, 1.165) is 6.54 Å². The molecule has 1 aliphatic heterocycles. The molecule has 2 rings (SSSR count). The van der Waals surface area contributed by atoms with Crippen molar-refractivity contribution in [2.75, 3.05) is 11.9 Å². The summed E-state index contributed by atoms with van der Waals surface area (Å²) in [5, 5.41) is 3.30. The van der Waals surface area contributed by atoms with E-state index in [9.17, 15) is 0 Å². The molecule has 1 nitrogen and oxygen atoms in total. The zero-order chi connectivity index (χ0) is 8.10. The molecule has 11 heavy (non-hydrogen) atoms. The number of para-hydroxylation sites is 1. The average Bonchev–Trinajstić information content (AvgIpc) is 2.55. The molecule has 0 aromatic heterocycles. The van der Waals surface area contributed by atoms with Crippen LogP contribution in [0.25, 0.3) is 0 Å². The van der Waals surface area contributed by atoms with Gasteiger partial charge in [0.1, 0.15) is 0 Å². The molecule has 1 heterocycles. The van der Waals surface area contributed by atoms with E-state index >= 15 is 0 Å². The standard InChI is InChI=1S/C8H9N.C2H6.H2/c1-2-4-8-7(3-1)5-6-9-8;1-2;/h1-4,9H,5-6H2;1-2H3;1H. The molecule has 1 aliphatic rings. The Hall–Kier alpha value is -0.980. The highest BCUT2D eigenvalue weighted by Crippen LogP contribution is 2.19. The first-order chi connectivity index (χ1) is 5.47. The fourth-order valence-electron chi connectivity index (χ4n) is 1.24. The van der Waals surface area contributed by atoms with E-state index in [1.54, 1.807) is 0 Å². The van der Waals surface area contributed by atoms with Gasteiger partial charge in [0.25, 0.3) is 0 Å². The van der Waals surface area contributed by atoms with Crippen LogP contribution in [0.1, 0.15) is 20.8 Å². The zero-order valence-electron chi connectivity index (χ0n) is 7.22. The van der Waals surface area contributed by atoms with E-state index in [1.807, 2.05) is 13.8 Å². The van der Waals surface area contributed by atoms with E-state index in [2.05, 4.69) is 29.6 Å². The lowest BCUT2D eigenvalue weighted by Gasteiger charge is -1.94. The van der Waals surface area contributed by atoms with Crippen molar-refractivity contribution in [1.82, 2.24) is 0 Å². The van der Waals surface area contributed by atoms with Gasteiger partial charge in [0.05, 0.1) is 0 Å². The molecule has 1 heteroatoms. The van der Waals surface area contributed by atoms with Gasteiger partial charge in [0.15, 0.2) is 0 Å². The number of fused-ring (bicyclic) bond motifs is 1. The predicted octanol–water partition coefficient (Wildman–Crippen LogP) is 2.93. The van der Waals surface area contributed by atoms with Crippen LogP contribution in [-0.2, 0) is 6.42 Å². The minimum Gasteiger partial charge on any atom is -0.384 e. The Morgan fingerprint density at radius 1 is 1.27 bits per heavy atom. The summed E-state index contributed by atoms with van der Waals surface area (Å²) in [6.07, 6.45) is 1.19. The minimum atomic E-state index is 0. The third-order valence-corrected chi connectivity index (χ3v) is 1.73. The summed E-state index contributed by atoms with van der Waals surface area (Å²) in [5.74, 6) is 0. The molecule has 0 atom stereocenters. The lowest BCUT2D eigenvalue weighted by Crippen LogP contribution is -1.90. The van der Waals surface area contributed by atoms with Crippen LogP contribution in [0.4, 0.5) is 5.69 Å². The van der Waals surface area contributed by atoms with Gasteiger partial charge >= 0.3 is 0 Å². The Morgan fingerprint density at radius 2 is 2.00 bits per heavy atom. The van der Waals surface area contributed by atoms with Crippen LogP contribution in [0.3, 0.4) is 0 Å². The Balaban J connectivity index is 0.000000378. The van der Waals surface area contributed by atoms with Crippen LogP contribution >= 0.6 is 0 Å². The second-order valence-electron chi connectivity index (χ2n) is 2.33. The lowest BCUT2D eigenvalue weighted by molar-refractivity contribution is 1.11. The van der Waals surface area contributed by atoms with Gasteiger partial charge in [-0.15, -0.1) is 0 Å². The maximum atomic E-state index is 3.30. The molecule has 0 spiro atoms. The highest BCUT2D eigenvalue weighted by atomic mass is 14.9. The second-order valence-corrected chi connectivity index (χ2v) is 2.33. The molecule has 0 aliphatic carbocycles. The van der Waals surface area contributed by atoms with Gasteiger partial charge in [0.2, 0.25) is 0 Å². The summed E-state index contributed by atoms with van der Waals surface area (Å²) >= 11 is 0. The first kappa shape index (κ1) is 8.12. The van der Waals surface area contributed by atoms with Gasteiger partial charge in [-0.05, 0) is 18.1 Å². The van der Waals surface area contributed by atoms with Crippen LogP contribution in [0.15, 0.2) is 24.3 Å². The van der Waals surface area contributed by atoms with Crippen molar-refractivity contribution in [3.8, 4) is 0 Å². The third kappa shape index (κ3) is 1.73. The van der Waals surface area contributed by atoms with E-state index in [-0.39, 0.29) is 1.43 Å². The van der Waals surface area contributed by atoms with Crippen LogP contribution in [0, 0.1) is 0 Å². The van der Waals surface area contributed by atoms with Gasteiger partial charge in [-0.2, -0.15) is 0 Å². The number of hydrogen-bond acceptors (Lipinski definition) is 1. The normalized spacial score (nSPS) is 12.5. The molecule has 0 radical (unpaired) electrons. The van der Waals surface area contributed by atoms with Crippen molar-refractivity contribution in [2.24, 2.45) is 0 Å². The summed E-state index contributed by atoms with van der Waals surface area (Å²) < 4.78 is 0. The van der Waals surface area contributed by atoms with Crippen LogP contribution in [-0.4, -0.2) is 6.54 Å². The Kier molecular flexibility index (Phi) is 2.96. The number of benzene rings is 1. The average molecular weight is 151 g/mol. The van der Waals surface area contributed by atoms with Crippen molar-refractivity contribution >= 4 is 5.69 Å². The third-order valence-electron chi connectivity index (χ3n) is 1.73. The molecule has 0 saturated heterocycles. The molecular weight excluding hydrogens is 134 g/mol. The number of hydrogen-bond donors (Lipinski definition) is 1. The summed E-state index contributed by atoms with van der Waals surface area (Å²) in [6, 6.07) is 8.46. The monoisotopic (exact) mass is 151 g/mol. The zero-order valence-corrected chi connectivity index (χ0v) is 7.22. The van der Waals surface area contributed by atoms with Crippen LogP contribution in [0.2, 0.25) is 0 Å². The Morgan fingerprint density at radius 3 is 2.73 bits per heavy atom. The van der Waals surface area contributed by atoms with E-state index in [1.165, 1.54) is 17.7 Å². The largest absolute Gasteiger partial charge is 0.384 e. The first-order valence-electron chi connectivity index (χ1n) is 4.28. The second kappa shape index (κ2) is 4.02. The SMILES string of the molecule is CC.[HH].c1ccc2c(c1)CCN2. The summed E-state index contributed by atoms with van der Waals surface area (Å²) in [5.41, 5.74) is 2.77. The first-order valence-corrected chi connectivity index (χ1v) is 4.28. The predicted molar refractivity (Wildman–Crippen MR) is 52.1 cm³/mol. The minimum absolute atomic E-state index is 0. The van der Waals surface area contributed by atoms with Crippen molar-refractivity contribution in [2.45, 2.75) is 20.3 Å². The van der Waals surface area contributed by atoms with Crippen molar-refractivity contribution in [3.05, 3.63) is 29.8 Å². The Bertz CT molecular complexity index is 200. The molecule has 0 saturated carbocycles. The number of anilines is 1. The molecule has 1 N–H and O–H groups in total. The quantitative estimate of drug-likeness (QED) is 0.601. The molecule has 1 aromatic carbocycles. The van der Waals surface area contributed by atoms with E-state index in [0.29, 0.717) is 0 Å². The maximum absolute atomic E-state index is 3.30. The molecule has 62 valence electrons. The van der Waals surface area contributed by atoms with Crippen molar-refractivity contribution in [3.63, 3.8) is 0 Å². The van der Waals surface area contributed by atoms with Gasteiger partial charge in [0, 0.05) is 13.7 Å². The Labute approximate surface area is 69.9 Å². The van der Waals surface area contributed by atoms with E-state index < -0.39 is 0 Å². The van der Waals surface area contributed by atoms with Crippen LogP contribution in [0.5, 0.6) is 0 Å². The van der Waals surface area contributed by atoms with Gasteiger partial charge < -0.3 is 5.32 Å². The fraction of sp³-hybridized carbons (Fsp3) is 0.400. The molecule has 0 unspecified atom stereocenters. The van der Waals surface area contributed by atoms with Gasteiger partial charge in [-0.25, -0.2) is 0 Å². The van der Waals surface area contributed by atoms with Gasteiger partial charge in [-0.3, -0.25) is 0 Å². The van der Waals surface area contributed by atoms with Gasteiger partial charge in [-0.1, -0.05) is 32.0 Å². The number of rotatable bonds is 0. The fourth-order valence-corrected chi connectivity index (χ4v) is 1.24. The molecule has 0 amide bonds. The van der Waals surface area contributed by atoms with Crippen molar-refractivity contribution in [1.29, 1.82) is 0 Å². The highest BCUT2D eigenvalue weighted by Gasteiger charge is 2.05. The molecule has 0 bridgehead atoms. The smallest absolute Gasteiger partial charge is 0.0373 e. The van der Waals surface area contributed by atoms with Crippen LogP contribution < -0.4 is 5.32 Å². The lowest BCUT2D eigenvalue weighted by atomic mass is 10.2. The maximum Gasteiger partial charge on any atom is 0.0373 e. The summed E-state index contributed by atoms with van der Waals surface area (Å²) in [4.78, 5) is 0. The topological polar surface area (TPSA) is 12.0 Å². The molecule has 0 fully saturated rings. The number of nitrogens with one attached hydrogen (secondary N) is 1.